The molecule has 1 aromatic carbocycles. The van der Waals surface area contributed by atoms with E-state index in [0.717, 1.165) is 18.9 Å². The predicted octanol–water partition coefficient (Wildman–Crippen LogP) is 8.46. The molecule has 34 heavy (non-hydrogen) atoms. The van der Waals surface area contributed by atoms with Gasteiger partial charge in [0.2, 0.25) is 0 Å². The predicted molar refractivity (Wildman–Crippen MR) is 141 cm³/mol. The molecule has 0 radical (unpaired) electrons. The third-order valence-corrected chi connectivity index (χ3v) is 6.24. The zero-order chi connectivity index (χ0) is 24.9. The quantitative estimate of drug-likeness (QED) is 0.0714. The largest absolute Gasteiger partial charge is 0.508 e. The molecule has 1 rings (SSSR count). The second-order valence-corrected chi connectivity index (χ2v) is 9.35. The Morgan fingerprint density at radius 2 is 1.24 bits per heavy atom. The summed E-state index contributed by atoms with van der Waals surface area (Å²) in [5.74, 6) is -0.212. The fraction of sp³-hybridized carbons (Fsp3) is 0.741. The van der Waals surface area contributed by atoms with E-state index in [1.807, 2.05) is 0 Å². The van der Waals surface area contributed by atoms with Gasteiger partial charge < -0.3 is 15.7 Å². The van der Waals surface area contributed by atoms with Crippen LogP contribution in [0.1, 0.15) is 122 Å². The summed E-state index contributed by atoms with van der Waals surface area (Å²) in [6.07, 6.45) is 23.7. The molecule has 2 amide bonds. The van der Waals surface area contributed by atoms with Gasteiger partial charge in [-0.1, -0.05) is 116 Å². The molecule has 0 bridgehead atoms. The molecule has 0 atom stereocenters. The Bertz CT molecular complexity index is 682. The number of nitrogens with zero attached hydrogens (tertiary/aromatic N) is 1. The lowest BCUT2D eigenvalue weighted by atomic mass is 10.0. The maximum Gasteiger partial charge on any atom is 0.319 e. The van der Waals surface area contributed by atoms with Crippen LogP contribution in [0.2, 0.25) is 0 Å². The highest BCUT2D eigenvalue weighted by Crippen LogP contribution is 2.28. The van der Waals surface area contributed by atoms with Crippen molar-refractivity contribution >= 4 is 17.4 Å². The summed E-state index contributed by atoms with van der Waals surface area (Å²) in [5, 5.41) is 25.6. The minimum absolute atomic E-state index is 0.0677. The molecule has 0 fully saturated rings. The van der Waals surface area contributed by atoms with Gasteiger partial charge in [-0.2, -0.15) is 0 Å². The maximum atomic E-state index is 11.9. The number of carbonyl (C=O) groups is 1. The summed E-state index contributed by atoms with van der Waals surface area (Å²) in [5.41, 5.74) is -0.263. The first-order chi connectivity index (χ1) is 16.5. The molecular weight excluding hydrogens is 430 g/mol. The number of benzene rings is 1. The number of phenolic OH excluding ortho intramolecular Hbond substituents is 1. The van der Waals surface area contributed by atoms with Crippen LogP contribution < -0.4 is 10.6 Å². The summed E-state index contributed by atoms with van der Waals surface area (Å²) in [6.45, 7) is 2.81. The van der Waals surface area contributed by atoms with Gasteiger partial charge in [0.05, 0.1) is 11.0 Å². The summed E-state index contributed by atoms with van der Waals surface area (Å²) >= 11 is 0. The molecule has 0 saturated carbocycles. The number of anilines is 1. The highest BCUT2D eigenvalue weighted by molar-refractivity contribution is 5.91. The molecule has 194 valence electrons. The Kier molecular flexibility index (Phi) is 17.6. The van der Waals surface area contributed by atoms with Crippen LogP contribution in [0.15, 0.2) is 18.2 Å². The molecule has 3 N–H and O–H groups in total. The van der Waals surface area contributed by atoms with Gasteiger partial charge in [0.25, 0.3) is 5.69 Å². The van der Waals surface area contributed by atoms with Crippen molar-refractivity contribution in [1.82, 2.24) is 5.32 Å². The van der Waals surface area contributed by atoms with Gasteiger partial charge in [-0.25, -0.2) is 4.79 Å². The third kappa shape index (κ3) is 15.5. The standard InChI is InChI=1S/C27H47N3O4/c1-2-3-4-5-6-7-8-9-10-11-12-13-14-15-16-17-18-19-22-28-27(32)29-25-21-20-24(31)23-26(25)30(33)34/h20-21,23,31H,2-19,22H2,1H3,(H2,28,29,32). The van der Waals surface area contributed by atoms with Crippen molar-refractivity contribution in [3.05, 3.63) is 28.3 Å². The van der Waals surface area contributed by atoms with E-state index in [-0.39, 0.29) is 17.1 Å². The van der Waals surface area contributed by atoms with Crippen LogP contribution in [0.4, 0.5) is 16.2 Å². The van der Waals surface area contributed by atoms with Crippen molar-refractivity contribution in [2.45, 2.75) is 122 Å². The Hall–Kier alpha value is -2.31. The van der Waals surface area contributed by atoms with E-state index in [4.69, 9.17) is 0 Å². The van der Waals surface area contributed by atoms with E-state index in [9.17, 15) is 20.0 Å². The lowest BCUT2D eigenvalue weighted by Crippen LogP contribution is -2.29. The fourth-order valence-electron chi connectivity index (χ4n) is 4.17. The molecule has 0 aliphatic carbocycles. The number of hydrogen-bond donors (Lipinski definition) is 3. The van der Waals surface area contributed by atoms with Crippen molar-refractivity contribution < 1.29 is 14.8 Å². The van der Waals surface area contributed by atoms with Crippen molar-refractivity contribution in [3.63, 3.8) is 0 Å². The average Bonchev–Trinajstić information content (AvgIpc) is 2.81. The monoisotopic (exact) mass is 477 g/mol. The summed E-state index contributed by atoms with van der Waals surface area (Å²) in [4.78, 5) is 22.3. The molecule has 0 spiro atoms. The van der Waals surface area contributed by atoms with E-state index in [0.29, 0.717) is 6.54 Å². The molecule has 0 aromatic heterocycles. The number of nitro benzene ring substituents is 1. The molecule has 1 aromatic rings. The minimum atomic E-state index is -0.632. The highest BCUT2D eigenvalue weighted by Gasteiger charge is 2.16. The number of rotatable bonds is 21. The van der Waals surface area contributed by atoms with Crippen molar-refractivity contribution in [1.29, 1.82) is 0 Å². The zero-order valence-electron chi connectivity index (χ0n) is 21.3. The first kappa shape index (κ1) is 29.7. The van der Waals surface area contributed by atoms with Crippen molar-refractivity contribution in [2.75, 3.05) is 11.9 Å². The summed E-state index contributed by atoms with van der Waals surface area (Å²) in [6, 6.07) is 3.18. The molecule has 0 aliphatic heterocycles. The minimum Gasteiger partial charge on any atom is -0.508 e. The van der Waals surface area contributed by atoms with Crippen LogP contribution in [-0.2, 0) is 0 Å². The highest BCUT2D eigenvalue weighted by atomic mass is 16.6. The van der Waals surface area contributed by atoms with Gasteiger partial charge >= 0.3 is 6.03 Å². The molecule has 0 saturated heterocycles. The van der Waals surface area contributed by atoms with Gasteiger partial charge in [0.1, 0.15) is 11.4 Å². The lowest BCUT2D eigenvalue weighted by Gasteiger charge is -2.08. The van der Waals surface area contributed by atoms with E-state index in [1.165, 1.54) is 115 Å². The number of nitrogens with one attached hydrogen (secondary N) is 2. The normalized spacial score (nSPS) is 10.9. The van der Waals surface area contributed by atoms with E-state index in [1.54, 1.807) is 0 Å². The first-order valence-electron chi connectivity index (χ1n) is 13.6. The van der Waals surface area contributed by atoms with Gasteiger partial charge in [-0.05, 0) is 18.6 Å². The van der Waals surface area contributed by atoms with Crippen LogP contribution in [-0.4, -0.2) is 22.6 Å². The zero-order valence-corrected chi connectivity index (χ0v) is 21.3. The molecule has 0 heterocycles. The van der Waals surface area contributed by atoms with Crippen LogP contribution >= 0.6 is 0 Å². The van der Waals surface area contributed by atoms with Crippen LogP contribution in [0.5, 0.6) is 5.75 Å². The fourth-order valence-corrected chi connectivity index (χ4v) is 4.17. The molecule has 7 heteroatoms. The molecular formula is C27H47N3O4. The molecule has 7 nitrogen and oxygen atoms in total. The number of aromatic hydroxyl groups is 1. The summed E-state index contributed by atoms with van der Waals surface area (Å²) in [7, 11) is 0. The van der Waals surface area contributed by atoms with E-state index in [2.05, 4.69) is 17.6 Å². The van der Waals surface area contributed by atoms with Crippen molar-refractivity contribution in [2.24, 2.45) is 0 Å². The molecule has 0 unspecified atom stereocenters. The van der Waals surface area contributed by atoms with Gasteiger partial charge in [0, 0.05) is 6.54 Å². The van der Waals surface area contributed by atoms with Crippen LogP contribution in [0.3, 0.4) is 0 Å². The number of urea groups is 1. The third-order valence-electron chi connectivity index (χ3n) is 6.24. The SMILES string of the molecule is CCCCCCCCCCCCCCCCCCCCNC(=O)Nc1ccc(O)cc1[N+](=O)[O-]. The Labute approximate surface area is 206 Å². The Morgan fingerprint density at radius 3 is 1.68 bits per heavy atom. The second kappa shape index (κ2) is 20.1. The number of carbonyl (C=O) groups excluding carboxylic acids is 1. The Balaban J connectivity index is 1.88. The number of amides is 2. The smallest absolute Gasteiger partial charge is 0.319 e. The number of phenols is 1. The summed E-state index contributed by atoms with van der Waals surface area (Å²) < 4.78 is 0. The topological polar surface area (TPSA) is 104 Å². The Morgan fingerprint density at radius 1 is 0.794 bits per heavy atom. The number of nitro groups is 1. The van der Waals surface area contributed by atoms with E-state index < -0.39 is 11.0 Å². The maximum absolute atomic E-state index is 11.9. The molecule has 0 aliphatic rings. The lowest BCUT2D eigenvalue weighted by molar-refractivity contribution is -0.384. The van der Waals surface area contributed by atoms with E-state index >= 15 is 0 Å². The van der Waals surface area contributed by atoms with Gasteiger partial charge in [-0.15, -0.1) is 0 Å². The van der Waals surface area contributed by atoms with Gasteiger partial charge in [-0.3, -0.25) is 10.1 Å². The van der Waals surface area contributed by atoms with Crippen molar-refractivity contribution in [3.8, 4) is 5.75 Å². The average molecular weight is 478 g/mol. The number of hydrogen-bond acceptors (Lipinski definition) is 4. The second-order valence-electron chi connectivity index (χ2n) is 9.35. The van der Waals surface area contributed by atoms with Crippen LogP contribution in [0.25, 0.3) is 0 Å². The number of unbranched alkanes of at least 4 members (excludes halogenated alkanes) is 17. The first-order valence-corrected chi connectivity index (χ1v) is 13.6. The van der Waals surface area contributed by atoms with Crippen LogP contribution in [0, 0.1) is 10.1 Å². The van der Waals surface area contributed by atoms with Gasteiger partial charge in [0.15, 0.2) is 0 Å².